The van der Waals surface area contributed by atoms with Crippen LogP contribution in [0.3, 0.4) is 0 Å². The summed E-state index contributed by atoms with van der Waals surface area (Å²) in [7, 11) is 6.39. The zero-order valence-electron chi connectivity index (χ0n) is 14.3. The van der Waals surface area contributed by atoms with Gasteiger partial charge in [0.05, 0.1) is 0 Å². The monoisotopic (exact) mass is 331 g/mol. The van der Waals surface area contributed by atoms with Gasteiger partial charge >= 0.3 is 0 Å². The van der Waals surface area contributed by atoms with Gasteiger partial charge in [0.25, 0.3) is 0 Å². The van der Waals surface area contributed by atoms with Crippen LogP contribution in [-0.2, 0) is 0 Å². The number of hydrogen-bond acceptors (Lipinski definition) is 3. The minimum Gasteiger partial charge on any atom is -0.374 e. The van der Waals surface area contributed by atoms with E-state index in [1.165, 1.54) is 22.4 Å². The second-order valence-corrected chi connectivity index (χ2v) is 7.22. The Morgan fingerprint density at radius 2 is 2.04 bits per heavy atom. The van der Waals surface area contributed by atoms with Gasteiger partial charge in [-0.25, -0.2) is 0 Å². The highest BCUT2D eigenvalue weighted by atomic mass is 35.5. The molecule has 1 N–H and O–H groups in total. The number of nitrogens with one attached hydrogen (secondary N) is 1. The largest absolute Gasteiger partial charge is 0.374 e. The number of likely N-dealkylation sites (N-methyl/N-ethyl adjacent to an activating group) is 1. The first-order valence-corrected chi connectivity index (χ1v) is 8.69. The third-order valence-corrected chi connectivity index (χ3v) is 4.93. The number of anilines is 1. The van der Waals surface area contributed by atoms with Crippen LogP contribution in [-0.4, -0.2) is 45.7 Å². The van der Waals surface area contributed by atoms with Gasteiger partial charge in [0.1, 0.15) is 0 Å². The lowest BCUT2D eigenvalue weighted by molar-refractivity contribution is 0.444. The molecule has 0 saturated carbocycles. The van der Waals surface area contributed by atoms with Crippen molar-refractivity contribution in [3.8, 4) is 0 Å². The Morgan fingerprint density at radius 3 is 2.83 bits per heavy atom. The highest BCUT2D eigenvalue weighted by Gasteiger charge is 2.23. The van der Waals surface area contributed by atoms with E-state index in [1.54, 1.807) is 0 Å². The molecule has 1 atom stereocenters. The van der Waals surface area contributed by atoms with E-state index >= 15 is 0 Å². The minimum atomic E-state index is 0.403. The molecule has 124 valence electrons. The Balaban J connectivity index is 1.68. The number of benzene rings is 1. The maximum absolute atomic E-state index is 6.17. The fourth-order valence-corrected chi connectivity index (χ4v) is 3.65. The fourth-order valence-electron chi connectivity index (χ4n) is 3.48. The maximum Gasteiger partial charge on any atom is 0.0427 e. The molecule has 0 bridgehead atoms. The molecule has 2 aliphatic rings. The minimum absolute atomic E-state index is 0.403. The molecule has 0 spiro atoms. The Morgan fingerprint density at radius 1 is 1.26 bits per heavy atom. The van der Waals surface area contributed by atoms with E-state index in [1.807, 2.05) is 6.07 Å². The molecule has 0 amide bonds. The number of fused-ring (bicyclic) bond motifs is 1. The SMILES string of the molecule is CN(C)CC1=CCC=C1CNC1CCN(C)c2cc(Cl)ccc21. The van der Waals surface area contributed by atoms with Crippen molar-refractivity contribution in [3.63, 3.8) is 0 Å². The Bertz CT molecular complexity index is 634. The molecule has 1 aliphatic carbocycles. The second-order valence-electron chi connectivity index (χ2n) is 6.78. The first-order valence-electron chi connectivity index (χ1n) is 8.31. The molecule has 23 heavy (non-hydrogen) atoms. The van der Waals surface area contributed by atoms with Crippen LogP contribution in [0.4, 0.5) is 5.69 Å². The Hall–Kier alpha value is -1.29. The van der Waals surface area contributed by atoms with Crippen molar-refractivity contribution in [1.29, 1.82) is 0 Å². The van der Waals surface area contributed by atoms with E-state index in [0.29, 0.717) is 6.04 Å². The van der Waals surface area contributed by atoms with Gasteiger partial charge in [0.15, 0.2) is 0 Å². The molecule has 1 aromatic rings. The second kappa shape index (κ2) is 7.08. The number of halogens is 1. The van der Waals surface area contributed by atoms with Crippen molar-refractivity contribution in [2.75, 3.05) is 45.7 Å². The topological polar surface area (TPSA) is 18.5 Å². The van der Waals surface area contributed by atoms with Crippen LogP contribution in [0.1, 0.15) is 24.4 Å². The first-order chi connectivity index (χ1) is 11.0. The van der Waals surface area contributed by atoms with Crippen LogP contribution in [0.25, 0.3) is 0 Å². The molecule has 1 unspecified atom stereocenters. The third kappa shape index (κ3) is 3.79. The third-order valence-electron chi connectivity index (χ3n) is 4.70. The molecule has 0 aromatic heterocycles. The summed E-state index contributed by atoms with van der Waals surface area (Å²) in [6, 6.07) is 6.66. The summed E-state index contributed by atoms with van der Waals surface area (Å²) in [5.74, 6) is 0. The van der Waals surface area contributed by atoms with Gasteiger partial charge in [-0.05, 0) is 55.8 Å². The highest BCUT2D eigenvalue weighted by Crippen LogP contribution is 2.35. The molecular formula is C19H26ClN3. The first kappa shape index (κ1) is 16.6. The van der Waals surface area contributed by atoms with Crippen molar-refractivity contribution in [2.24, 2.45) is 0 Å². The van der Waals surface area contributed by atoms with Gasteiger partial charge in [-0.3, -0.25) is 0 Å². The predicted octanol–water partition coefficient (Wildman–Crippen LogP) is 3.63. The van der Waals surface area contributed by atoms with E-state index in [9.17, 15) is 0 Å². The zero-order chi connectivity index (χ0) is 16.4. The number of hydrogen-bond donors (Lipinski definition) is 1. The Kier molecular flexibility index (Phi) is 5.10. The summed E-state index contributed by atoms with van der Waals surface area (Å²) >= 11 is 6.17. The van der Waals surface area contributed by atoms with Gasteiger partial charge in [-0.2, -0.15) is 0 Å². The predicted molar refractivity (Wildman–Crippen MR) is 99.4 cm³/mol. The van der Waals surface area contributed by atoms with E-state index in [2.05, 4.69) is 60.5 Å². The van der Waals surface area contributed by atoms with Crippen molar-refractivity contribution in [3.05, 3.63) is 52.1 Å². The van der Waals surface area contributed by atoms with Crippen molar-refractivity contribution < 1.29 is 0 Å². The van der Waals surface area contributed by atoms with Gasteiger partial charge in [0.2, 0.25) is 0 Å². The average Bonchev–Trinajstić information content (AvgIpc) is 2.93. The van der Waals surface area contributed by atoms with Crippen LogP contribution in [0.2, 0.25) is 5.02 Å². The summed E-state index contributed by atoms with van der Waals surface area (Å²) in [6.07, 6.45) is 6.90. The number of rotatable bonds is 5. The van der Waals surface area contributed by atoms with E-state index in [4.69, 9.17) is 11.6 Å². The summed E-state index contributed by atoms with van der Waals surface area (Å²) in [5, 5.41) is 4.58. The molecule has 3 nitrogen and oxygen atoms in total. The van der Waals surface area contributed by atoms with Crippen LogP contribution < -0.4 is 10.2 Å². The fraction of sp³-hybridized carbons (Fsp3) is 0.474. The van der Waals surface area contributed by atoms with Crippen molar-refractivity contribution in [1.82, 2.24) is 10.2 Å². The summed E-state index contributed by atoms with van der Waals surface area (Å²) in [5.41, 5.74) is 5.53. The van der Waals surface area contributed by atoms with Crippen molar-refractivity contribution >= 4 is 17.3 Å². The summed E-state index contributed by atoms with van der Waals surface area (Å²) in [4.78, 5) is 4.53. The lowest BCUT2D eigenvalue weighted by Gasteiger charge is -2.34. The van der Waals surface area contributed by atoms with E-state index in [-0.39, 0.29) is 0 Å². The summed E-state index contributed by atoms with van der Waals surface area (Å²) in [6.45, 7) is 3.02. The molecule has 1 heterocycles. The molecule has 1 aliphatic heterocycles. The van der Waals surface area contributed by atoms with Crippen molar-refractivity contribution in [2.45, 2.75) is 18.9 Å². The molecule has 0 fully saturated rings. The van der Waals surface area contributed by atoms with Gasteiger partial charge in [-0.15, -0.1) is 0 Å². The Labute approximate surface area is 144 Å². The molecule has 0 radical (unpaired) electrons. The molecule has 3 rings (SSSR count). The normalized spacial score (nSPS) is 20.6. The van der Waals surface area contributed by atoms with Crippen LogP contribution >= 0.6 is 11.6 Å². The molecular weight excluding hydrogens is 306 g/mol. The zero-order valence-corrected chi connectivity index (χ0v) is 15.0. The quantitative estimate of drug-likeness (QED) is 0.889. The van der Waals surface area contributed by atoms with Crippen LogP contribution in [0.15, 0.2) is 41.5 Å². The lowest BCUT2D eigenvalue weighted by Crippen LogP contribution is -2.34. The smallest absolute Gasteiger partial charge is 0.0427 e. The molecule has 0 saturated heterocycles. The van der Waals surface area contributed by atoms with Gasteiger partial charge < -0.3 is 15.1 Å². The maximum atomic E-state index is 6.17. The van der Waals surface area contributed by atoms with Gasteiger partial charge in [-0.1, -0.05) is 29.8 Å². The number of nitrogens with zero attached hydrogens (tertiary/aromatic N) is 2. The average molecular weight is 332 g/mol. The lowest BCUT2D eigenvalue weighted by atomic mass is 9.96. The molecule has 1 aromatic carbocycles. The van der Waals surface area contributed by atoms with Crippen LogP contribution in [0.5, 0.6) is 0 Å². The van der Waals surface area contributed by atoms with E-state index < -0.39 is 0 Å². The van der Waals surface area contributed by atoms with Crippen LogP contribution in [0, 0.1) is 0 Å². The standard InChI is InChI=1S/C19H26ClN3/c1-22(2)13-15-6-4-5-14(15)12-21-18-9-10-23(3)19-11-16(20)7-8-17(18)19/h5-8,11,18,21H,4,9-10,12-13H2,1-3H3. The highest BCUT2D eigenvalue weighted by molar-refractivity contribution is 6.30. The number of allylic oxidation sites excluding steroid dienone is 2. The molecule has 4 heteroatoms. The van der Waals surface area contributed by atoms with Gasteiger partial charge in [0, 0.05) is 43.4 Å². The van der Waals surface area contributed by atoms with E-state index in [0.717, 1.165) is 37.5 Å². The summed E-state index contributed by atoms with van der Waals surface area (Å²) < 4.78 is 0.